The number of ether oxygens (including phenoxy) is 1. The van der Waals surface area contributed by atoms with Crippen LogP contribution in [0.5, 0.6) is 0 Å². The number of benzene rings is 1. The number of piperidine rings is 1. The van der Waals surface area contributed by atoms with Gasteiger partial charge in [-0.15, -0.1) is 0 Å². The average molecular weight is 301 g/mol. The van der Waals surface area contributed by atoms with Crippen LogP contribution in [0.3, 0.4) is 0 Å². The summed E-state index contributed by atoms with van der Waals surface area (Å²) in [7, 11) is 1.80. The van der Waals surface area contributed by atoms with E-state index in [-0.39, 0.29) is 12.0 Å². The van der Waals surface area contributed by atoms with Crippen LogP contribution >= 0.6 is 0 Å². The SMILES string of the molecule is COC(c1ccccc1)C1CCN(C(=O)C(C)C2CC2)CC1. The molecule has 1 saturated heterocycles. The predicted octanol–water partition coefficient (Wildman–Crippen LogP) is 3.66. The van der Waals surface area contributed by atoms with Gasteiger partial charge in [0.2, 0.25) is 5.91 Å². The summed E-state index contributed by atoms with van der Waals surface area (Å²) < 4.78 is 5.76. The number of carbonyl (C=O) groups excluding carboxylic acids is 1. The van der Waals surface area contributed by atoms with Crippen LogP contribution in [-0.2, 0) is 9.53 Å². The zero-order valence-corrected chi connectivity index (χ0v) is 13.7. The largest absolute Gasteiger partial charge is 0.376 e. The Balaban J connectivity index is 1.57. The lowest BCUT2D eigenvalue weighted by Crippen LogP contribution is -2.42. The lowest BCUT2D eigenvalue weighted by Gasteiger charge is -2.36. The van der Waals surface area contributed by atoms with Crippen molar-refractivity contribution in [3.63, 3.8) is 0 Å². The molecule has 0 spiro atoms. The molecule has 0 aromatic heterocycles. The Morgan fingerprint density at radius 2 is 1.73 bits per heavy atom. The third-order valence-electron chi connectivity index (χ3n) is 5.38. The molecule has 2 atom stereocenters. The first-order chi connectivity index (χ1) is 10.7. The molecule has 120 valence electrons. The van der Waals surface area contributed by atoms with Crippen LogP contribution in [0.2, 0.25) is 0 Å². The molecule has 2 aliphatic rings. The number of likely N-dealkylation sites (tertiary alicyclic amines) is 1. The van der Waals surface area contributed by atoms with Crippen LogP contribution in [0.4, 0.5) is 0 Å². The van der Waals surface area contributed by atoms with Crippen molar-refractivity contribution >= 4 is 5.91 Å². The summed E-state index contributed by atoms with van der Waals surface area (Å²) >= 11 is 0. The van der Waals surface area contributed by atoms with Crippen molar-refractivity contribution in [2.75, 3.05) is 20.2 Å². The summed E-state index contributed by atoms with van der Waals surface area (Å²) in [6.45, 7) is 3.87. The molecule has 1 aliphatic heterocycles. The molecule has 3 rings (SSSR count). The van der Waals surface area contributed by atoms with Gasteiger partial charge in [-0.1, -0.05) is 37.3 Å². The van der Waals surface area contributed by atoms with Gasteiger partial charge < -0.3 is 9.64 Å². The second kappa shape index (κ2) is 6.82. The molecule has 2 unspecified atom stereocenters. The maximum Gasteiger partial charge on any atom is 0.225 e. The number of methoxy groups -OCH3 is 1. The molecule has 0 radical (unpaired) electrons. The maximum absolute atomic E-state index is 12.5. The van der Waals surface area contributed by atoms with Crippen molar-refractivity contribution in [1.29, 1.82) is 0 Å². The highest BCUT2D eigenvalue weighted by atomic mass is 16.5. The van der Waals surface area contributed by atoms with Crippen LogP contribution in [0.25, 0.3) is 0 Å². The fourth-order valence-corrected chi connectivity index (χ4v) is 3.75. The highest BCUT2D eigenvalue weighted by Crippen LogP contribution is 2.39. The van der Waals surface area contributed by atoms with E-state index < -0.39 is 0 Å². The van der Waals surface area contributed by atoms with Gasteiger partial charge in [-0.05, 0) is 43.1 Å². The van der Waals surface area contributed by atoms with Gasteiger partial charge in [0.15, 0.2) is 0 Å². The van der Waals surface area contributed by atoms with Crippen LogP contribution in [0.15, 0.2) is 30.3 Å². The van der Waals surface area contributed by atoms with Gasteiger partial charge in [0, 0.05) is 26.1 Å². The molecule has 2 fully saturated rings. The van der Waals surface area contributed by atoms with E-state index in [4.69, 9.17) is 4.74 Å². The Kier molecular flexibility index (Phi) is 4.82. The van der Waals surface area contributed by atoms with Crippen molar-refractivity contribution in [3.05, 3.63) is 35.9 Å². The quantitative estimate of drug-likeness (QED) is 0.830. The summed E-state index contributed by atoms with van der Waals surface area (Å²) in [6, 6.07) is 10.5. The molecule has 1 amide bonds. The molecular formula is C19H27NO2. The Hall–Kier alpha value is -1.35. The Morgan fingerprint density at radius 3 is 2.27 bits per heavy atom. The normalized spacial score (nSPS) is 22.4. The summed E-state index contributed by atoms with van der Waals surface area (Å²) in [4.78, 5) is 14.6. The average Bonchev–Trinajstić information content (AvgIpc) is 3.41. The Labute approximate surface area is 133 Å². The van der Waals surface area contributed by atoms with Gasteiger partial charge in [0.05, 0.1) is 6.10 Å². The highest BCUT2D eigenvalue weighted by Gasteiger charge is 2.37. The van der Waals surface area contributed by atoms with Crippen molar-refractivity contribution in [1.82, 2.24) is 4.90 Å². The highest BCUT2D eigenvalue weighted by molar-refractivity contribution is 5.79. The molecule has 0 N–H and O–H groups in total. The molecule has 3 heteroatoms. The Bertz CT molecular complexity index is 489. The predicted molar refractivity (Wildman–Crippen MR) is 87.4 cm³/mol. The van der Waals surface area contributed by atoms with Gasteiger partial charge in [0.25, 0.3) is 0 Å². The first-order valence-corrected chi connectivity index (χ1v) is 8.57. The van der Waals surface area contributed by atoms with E-state index in [2.05, 4.69) is 36.1 Å². The number of rotatable bonds is 5. The Morgan fingerprint density at radius 1 is 1.09 bits per heavy atom. The van der Waals surface area contributed by atoms with E-state index in [9.17, 15) is 4.79 Å². The van der Waals surface area contributed by atoms with Gasteiger partial charge in [-0.25, -0.2) is 0 Å². The molecule has 1 heterocycles. The van der Waals surface area contributed by atoms with E-state index in [1.165, 1.54) is 18.4 Å². The van der Waals surface area contributed by atoms with Gasteiger partial charge >= 0.3 is 0 Å². The third kappa shape index (κ3) is 3.35. The van der Waals surface area contributed by atoms with Crippen molar-refractivity contribution in [2.24, 2.45) is 17.8 Å². The summed E-state index contributed by atoms with van der Waals surface area (Å²) in [5.74, 6) is 1.76. The van der Waals surface area contributed by atoms with Crippen LogP contribution < -0.4 is 0 Å². The second-order valence-corrected chi connectivity index (χ2v) is 6.86. The minimum Gasteiger partial charge on any atom is -0.376 e. The fraction of sp³-hybridized carbons (Fsp3) is 0.632. The van der Waals surface area contributed by atoms with Crippen molar-refractivity contribution in [3.8, 4) is 0 Å². The van der Waals surface area contributed by atoms with E-state index in [0.29, 0.717) is 17.7 Å². The van der Waals surface area contributed by atoms with Crippen LogP contribution in [0, 0.1) is 17.8 Å². The molecular weight excluding hydrogens is 274 g/mol. The minimum absolute atomic E-state index is 0.152. The number of hydrogen-bond donors (Lipinski definition) is 0. The zero-order chi connectivity index (χ0) is 15.5. The van der Waals surface area contributed by atoms with Crippen LogP contribution in [-0.4, -0.2) is 31.0 Å². The summed E-state index contributed by atoms with van der Waals surface area (Å²) in [5, 5.41) is 0. The molecule has 3 nitrogen and oxygen atoms in total. The van der Waals surface area contributed by atoms with Gasteiger partial charge in [-0.3, -0.25) is 4.79 Å². The zero-order valence-electron chi connectivity index (χ0n) is 13.7. The lowest BCUT2D eigenvalue weighted by molar-refractivity contribution is -0.137. The third-order valence-corrected chi connectivity index (χ3v) is 5.38. The molecule has 22 heavy (non-hydrogen) atoms. The number of carbonyl (C=O) groups is 1. The number of nitrogens with zero attached hydrogens (tertiary/aromatic N) is 1. The topological polar surface area (TPSA) is 29.5 Å². The van der Waals surface area contributed by atoms with Crippen molar-refractivity contribution in [2.45, 2.75) is 38.7 Å². The minimum atomic E-state index is 0.152. The monoisotopic (exact) mass is 301 g/mol. The molecule has 1 saturated carbocycles. The second-order valence-electron chi connectivity index (χ2n) is 6.86. The summed E-state index contributed by atoms with van der Waals surface area (Å²) in [5.41, 5.74) is 1.25. The van der Waals surface area contributed by atoms with Gasteiger partial charge in [0.1, 0.15) is 0 Å². The maximum atomic E-state index is 12.5. The fourth-order valence-electron chi connectivity index (χ4n) is 3.75. The summed E-state index contributed by atoms with van der Waals surface area (Å²) in [6.07, 6.45) is 4.71. The first-order valence-electron chi connectivity index (χ1n) is 8.57. The van der Waals surface area contributed by atoms with Crippen LogP contribution in [0.1, 0.15) is 44.3 Å². The smallest absolute Gasteiger partial charge is 0.225 e. The molecule has 0 bridgehead atoms. The van der Waals surface area contributed by atoms with Crippen molar-refractivity contribution < 1.29 is 9.53 Å². The van der Waals surface area contributed by atoms with E-state index in [1.54, 1.807) is 7.11 Å². The van der Waals surface area contributed by atoms with E-state index in [1.807, 2.05) is 6.07 Å². The van der Waals surface area contributed by atoms with E-state index in [0.717, 1.165) is 25.9 Å². The first kappa shape index (κ1) is 15.5. The van der Waals surface area contributed by atoms with E-state index >= 15 is 0 Å². The standard InChI is InChI=1S/C19H27NO2/c1-14(15-8-9-15)19(21)20-12-10-17(11-13-20)18(22-2)16-6-4-3-5-7-16/h3-7,14-15,17-18H,8-13H2,1-2H3. The number of amides is 1. The molecule has 1 aromatic rings. The molecule has 1 aliphatic carbocycles. The van der Waals surface area contributed by atoms with Gasteiger partial charge in [-0.2, -0.15) is 0 Å². The lowest BCUT2D eigenvalue weighted by atomic mass is 9.87. The number of hydrogen-bond acceptors (Lipinski definition) is 2. The molecule has 1 aromatic carbocycles.